The second kappa shape index (κ2) is 5.60. The second-order valence-electron chi connectivity index (χ2n) is 3.88. The summed E-state index contributed by atoms with van der Waals surface area (Å²) in [5.41, 5.74) is 1.37. The summed E-state index contributed by atoms with van der Waals surface area (Å²) < 4.78 is 0. The van der Waals surface area contributed by atoms with Gasteiger partial charge in [0, 0.05) is 38.4 Å². The van der Waals surface area contributed by atoms with E-state index in [1.807, 2.05) is 12.1 Å². The molecule has 0 aliphatic carbocycles. The zero-order chi connectivity index (χ0) is 13.0. The van der Waals surface area contributed by atoms with Crippen molar-refractivity contribution in [2.24, 2.45) is 0 Å². The van der Waals surface area contributed by atoms with Crippen LogP contribution in [0.1, 0.15) is 15.9 Å². The molecule has 0 bridgehead atoms. The minimum absolute atomic E-state index is 0.156. The number of halogens is 1. The Kier molecular flexibility index (Phi) is 3.89. The fourth-order valence-corrected chi connectivity index (χ4v) is 1.76. The molecule has 0 saturated carbocycles. The van der Waals surface area contributed by atoms with Crippen LogP contribution in [0.2, 0.25) is 5.02 Å². The van der Waals surface area contributed by atoms with Crippen LogP contribution in [0.5, 0.6) is 0 Å². The maximum Gasteiger partial charge on any atom is 0.256 e. The molecule has 2 aromatic rings. The Morgan fingerprint density at radius 3 is 2.72 bits per heavy atom. The molecule has 0 atom stereocenters. The van der Waals surface area contributed by atoms with Crippen molar-refractivity contribution < 1.29 is 4.79 Å². The average molecular weight is 262 g/mol. The van der Waals surface area contributed by atoms with E-state index < -0.39 is 0 Å². The van der Waals surface area contributed by atoms with Crippen molar-refractivity contribution in [1.82, 2.24) is 14.9 Å². The van der Waals surface area contributed by atoms with Crippen LogP contribution in [0.15, 0.2) is 43.0 Å². The smallest absolute Gasteiger partial charge is 0.256 e. The number of pyridine rings is 2. The second-order valence-corrected chi connectivity index (χ2v) is 4.29. The first-order valence-electron chi connectivity index (χ1n) is 5.42. The average Bonchev–Trinajstić information content (AvgIpc) is 2.39. The van der Waals surface area contributed by atoms with E-state index in [4.69, 9.17) is 11.6 Å². The summed E-state index contributed by atoms with van der Waals surface area (Å²) in [6.07, 6.45) is 6.46. The number of aromatic nitrogens is 2. The van der Waals surface area contributed by atoms with Crippen molar-refractivity contribution in [1.29, 1.82) is 0 Å². The van der Waals surface area contributed by atoms with Crippen molar-refractivity contribution >= 4 is 17.5 Å². The van der Waals surface area contributed by atoms with Crippen LogP contribution in [0.25, 0.3) is 0 Å². The number of amides is 1. The SMILES string of the molecule is CN(Cc1cccnc1)C(=O)c1cnccc1Cl. The maximum atomic E-state index is 12.2. The zero-order valence-corrected chi connectivity index (χ0v) is 10.6. The summed E-state index contributed by atoms with van der Waals surface area (Å²) >= 11 is 5.97. The normalized spacial score (nSPS) is 10.1. The van der Waals surface area contributed by atoms with Gasteiger partial charge in [-0.15, -0.1) is 0 Å². The molecule has 2 aromatic heterocycles. The quantitative estimate of drug-likeness (QED) is 0.852. The van der Waals surface area contributed by atoms with E-state index in [0.717, 1.165) is 5.56 Å². The van der Waals surface area contributed by atoms with E-state index in [9.17, 15) is 4.79 Å². The van der Waals surface area contributed by atoms with E-state index in [2.05, 4.69) is 9.97 Å². The highest BCUT2D eigenvalue weighted by Gasteiger charge is 2.15. The molecule has 5 heteroatoms. The fraction of sp³-hybridized carbons (Fsp3) is 0.154. The molecule has 0 spiro atoms. The van der Waals surface area contributed by atoms with Gasteiger partial charge >= 0.3 is 0 Å². The van der Waals surface area contributed by atoms with Crippen LogP contribution in [0, 0.1) is 0 Å². The molecule has 0 fully saturated rings. The molecule has 0 radical (unpaired) electrons. The zero-order valence-electron chi connectivity index (χ0n) is 9.88. The molecule has 92 valence electrons. The summed E-state index contributed by atoms with van der Waals surface area (Å²) in [5, 5.41) is 0.410. The molecule has 2 rings (SSSR count). The first-order valence-corrected chi connectivity index (χ1v) is 5.80. The van der Waals surface area contributed by atoms with Crippen LogP contribution in [0.3, 0.4) is 0 Å². The molecule has 0 aliphatic rings. The number of hydrogen-bond donors (Lipinski definition) is 0. The van der Waals surface area contributed by atoms with Crippen molar-refractivity contribution in [3.8, 4) is 0 Å². The lowest BCUT2D eigenvalue weighted by molar-refractivity contribution is 0.0785. The van der Waals surface area contributed by atoms with E-state index in [1.165, 1.54) is 6.20 Å². The van der Waals surface area contributed by atoms with Gasteiger partial charge in [-0.3, -0.25) is 14.8 Å². The van der Waals surface area contributed by atoms with Gasteiger partial charge < -0.3 is 4.90 Å². The minimum Gasteiger partial charge on any atom is -0.337 e. The Hall–Kier alpha value is -1.94. The van der Waals surface area contributed by atoms with Gasteiger partial charge in [0.05, 0.1) is 10.6 Å². The first kappa shape index (κ1) is 12.5. The van der Waals surface area contributed by atoms with Crippen molar-refractivity contribution in [3.63, 3.8) is 0 Å². The largest absolute Gasteiger partial charge is 0.337 e. The Labute approximate surface area is 110 Å². The van der Waals surface area contributed by atoms with Gasteiger partial charge in [-0.05, 0) is 17.7 Å². The Morgan fingerprint density at radius 1 is 1.28 bits per heavy atom. The number of carbonyl (C=O) groups is 1. The van der Waals surface area contributed by atoms with Crippen LogP contribution < -0.4 is 0 Å². The molecular formula is C13H12ClN3O. The molecule has 0 aliphatic heterocycles. The van der Waals surface area contributed by atoms with E-state index >= 15 is 0 Å². The van der Waals surface area contributed by atoms with Gasteiger partial charge in [-0.25, -0.2) is 0 Å². The Morgan fingerprint density at radius 2 is 2.06 bits per heavy atom. The molecule has 0 unspecified atom stereocenters. The third-order valence-corrected chi connectivity index (χ3v) is 2.82. The van der Waals surface area contributed by atoms with Crippen LogP contribution >= 0.6 is 11.6 Å². The van der Waals surface area contributed by atoms with Crippen molar-refractivity contribution in [3.05, 3.63) is 59.1 Å². The standard InChI is InChI=1S/C13H12ClN3O/c1-17(9-10-3-2-5-15-7-10)13(18)11-8-16-6-4-12(11)14/h2-8H,9H2,1H3. The van der Waals surface area contributed by atoms with Crippen LogP contribution in [-0.4, -0.2) is 27.8 Å². The highest BCUT2D eigenvalue weighted by Crippen LogP contribution is 2.16. The van der Waals surface area contributed by atoms with E-state index in [0.29, 0.717) is 17.1 Å². The van der Waals surface area contributed by atoms with Gasteiger partial charge in [0.1, 0.15) is 0 Å². The number of hydrogen-bond acceptors (Lipinski definition) is 3. The van der Waals surface area contributed by atoms with Crippen LogP contribution in [-0.2, 0) is 6.54 Å². The summed E-state index contributed by atoms with van der Waals surface area (Å²) in [7, 11) is 1.72. The molecule has 0 saturated heterocycles. The summed E-state index contributed by atoms with van der Waals surface area (Å²) in [5.74, 6) is -0.156. The molecule has 18 heavy (non-hydrogen) atoms. The number of carbonyl (C=O) groups excluding carboxylic acids is 1. The topological polar surface area (TPSA) is 46.1 Å². The first-order chi connectivity index (χ1) is 8.68. The Bertz CT molecular complexity index is 545. The number of nitrogens with zero attached hydrogens (tertiary/aromatic N) is 3. The molecule has 2 heterocycles. The number of rotatable bonds is 3. The highest BCUT2D eigenvalue weighted by molar-refractivity contribution is 6.33. The van der Waals surface area contributed by atoms with E-state index in [-0.39, 0.29) is 5.91 Å². The van der Waals surface area contributed by atoms with E-state index in [1.54, 1.807) is 36.6 Å². The third-order valence-electron chi connectivity index (χ3n) is 2.49. The summed E-state index contributed by atoms with van der Waals surface area (Å²) in [4.78, 5) is 21.7. The lowest BCUT2D eigenvalue weighted by Crippen LogP contribution is -2.26. The van der Waals surface area contributed by atoms with Crippen molar-refractivity contribution in [2.45, 2.75) is 6.54 Å². The van der Waals surface area contributed by atoms with Crippen molar-refractivity contribution in [2.75, 3.05) is 7.05 Å². The maximum absolute atomic E-state index is 12.2. The van der Waals surface area contributed by atoms with Crippen LogP contribution in [0.4, 0.5) is 0 Å². The predicted octanol–water partition coefficient (Wildman–Crippen LogP) is 2.40. The third kappa shape index (κ3) is 2.84. The van der Waals surface area contributed by atoms with Gasteiger partial charge in [0.2, 0.25) is 0 Å². The molecule has 0 aromatic carbocycles. The summed E-state index contributed by atoms with van der Waals surface area (Å²) in [6, 6.07) is 5.36. The van der Waals surface area contributed by atoms with Gasteiger partial charge in [0.15, 0.2) is 0 Å². The lowest BCUT2D eigenvalue weighted by Gasteiger charge is -2.17. The van der Waals surface area contributed by atoms with Gasteiger partial charge in [-0.1, -0.05) is 17.7 Å². The van der Waals surface area contributed by atoms with Gasteiger partial charge in [-0.2, -0.15) is 0 Å². The molecular weight excluding hydrogens is 250 g/mol. The molecule has 1 amide bonds. The molecule has 0 N–H and O–H groups in total. The Balaban J connectivity index is 2.13. The molecule has 4 nitrogen and oxygen atoms in total. The summed E-state index contributed by atoms with van der Waals surface area (Å²) in [6.45, 7) is 0.484. The highest BCUT2D eigenvalue weighted by atomic mass is 35.5. The minimum atomic E-state index is -0.156. The monoisotopic (exact) mass is 261 g/mol. The fourth-order valence-electron chi connectivity index (χ4n) is 1.58. The predicted molar refractivity (Wildman–Crippen MR) is 69.3 cm³/mol. The lowest BCUT2D eigenvalue weighted by atomic mass is 10.2. The van der Waals surface area contributed by atoms with Gasteiger partial charge in [0.25, 0.3) is 5.91 Å².